The zero-order valence-corrected chi connectivity index (χ0v) is 18.2. The topological polar surface area (TPSA) is 148 Å². The van der Waals surface area contributed by atoms with Gasteiger partial charge in [0, 0.05) is 43.7 Å². The SMILES string of the molecule is O=C1OC2(CCCC2)OC(=O)C1C(c1ccc([N+](=O)[O-])cc1)C1C(=O)OC2(CCCC2)OC1=O. The van der Waals surface area contributed by atoms with Gasteiger partial charge in [-0.2, -0.15) is 0 Å². The fourth-order valence-electron chi connectivity index (χ4n) is 5.44. The summed E-state index contributed by atoms with van der Waals surface area (Å²) in [6, 6.07) is 4.92. The first-order chi connectivity index (χ1) is 16.2. The van der Waals surface area contributed by atoms with E-state index in [9.17, 15) is 29.3 Å². The molecule has 0 N–H and O–H groups in total. The van der Waals surface area contributed by atoms with Crippen LogP contribution in [0.5, 0.6) is 0 Å². The van der Waals surface area contributed by atoms with Crippen LogP contribution in [0, 0.1) is 22.0 Å². The Labute approximate surface area is 193 Å². The Morgan fingerprint density at radius 1 is 0.706 bits per heavy atom. The monoisotopic (exact) mass is 473 g/mol. The Kier molecular flexibility index (Phi) is 5.29. The molecule has 5 rings (SSSR count). The summed E-state index contributed by atoms with van der Waals surface area (Å²) in [6.07, 6.45) is 4.37. The van der Waals surface area contributed by atoms with Gasteiger partial charge < -0.3 is 18.9 Å². The number of nitro benzene ring substituents is 1. The van der Waals surface area contributed by atoms with E-state index in [1.165, 1.54) is 12.1 Å². The minimum Gasteiger partial charge on any atom is -0.422 e. The highest BCUT2D eigenvalue weighted by Crippen LogP contribution is 2.47. The number of ether oxygens (including phenoxy) is 4. The van der Waals surface area contributed by atoms with Crippen molar-refractivity contribution in [2.24, 2.45) is 11.8 Å². The summed E-state index contributed by atoms with van der Waals surface area (Å²) in [4.78, 5) is 63.0. The fourth-order valence-corrected chi connectivity index (χ4v) is 5.44. The molecule has 180 valence electrons. The maximum Gasteiger partial charge on any atom is 0.324 e. The molecule has 2 aliphatic carbocycles. The molecule has 0 atom stereocenters. The van der Waals surface area contributed by atoms with E-state index in [0.717, 1.165) is 37.8 Å². The molecule has 1 aromatic rings. The third-order valence-corrected chi connectivity index (χ3v) is 7.10. The Morgan fingerprint density at radius 3 is 1.38 bits per heavy atom. The summed E-state index contributed by atoms with van der Waals surface area (Å²) in [5.41, 5.74) is -0.0620. The van der Waals surface area contributed by atoms with Crippen LogP contribution in [0.15, 0.2) is 24.3 Å². The van der Waals surface area contributed by atoms with Crippen molar-refractivity contribution in [2.45, 2.75) is 68.9 Å². The second kappa shape index (κ2) is 8.07. The average Bonchev–Trinajstić information content (AvgIpc) is 3.41. The van der Waals surface area contributed by atoms with Crippen molar-refractivity contribution >= 4 is 29.6 Å². The zero-order chi connectivity index (χ0) is 24.1. The minimum atomic E-state index is -1.64. The van der Waals surface area contributed by atoms with Crippen molar-refractivity contribution < 1.29 is 43.0 Å². The Bertz CT molecular complexity index is 956. The van der Waals surface area contributed by atoms with E-state index in [4.69, 9.17) is 18.9 Å². The van der Waals surface area contributed by atoms with E-state index in [1.54, 1.807) is 0 Å². The van der Waals surface area contributed by atoms with E-state index in [2.05, 4.69) is 0 Å². The normalized spacial score (nSPS) is 26.6. The number of esters is 4. The van der Waals surface area contributed by atoms with Crippen molar-refractivity contribution in [1.29, 1.82) is 0 Å². The van der Waals surface area contributed by atoms with Gasteiger partial charge in [-0.3, -0.25) is 29.3 Å². The molecule has 2 aliphatic heterocycles. The Balaban J connectivity index is 1.52. The van der Waals surface area contributed by atoms with Gasteiger partial charge in [0.2, 0.25) is 0 Å². The number of carbonyl (C=O) groups is 4. The van der Waals surface area contributed by atoms with Crippen LogP contribution in [-0.4, -0.2) is 40.4 Å². The molecule has 0 unspecified atom stereocenters. The highest BCUT2D eigenvalue weighted by Gasteiger charge is 2.60. The summed E-state index contributed by atoms with van der Waals surface area (Å²) >= 11 is 0. The van der Waals surface area contributed by atoms with Crippen LogP contribution in [0.3, 0.4) is 0 Å². The summed E-state index contributed by atoms with van der Waals surface area (Å²) < 4.78 is 22.2. The van der Waals surface area contributed by atoms with Crippen LogP contribution in [-0.2, 0) is 38.1 Å². The van der Waals surface area contributed by atoms with Crippen molar-refractivity contribution in [2.75, 3.05) is 0 Å². The minimum absolute atomic E-state index is 0.174. The average molecular weight is 473 g/mol. The fraction of sp³-hybridized carbons (Fsp3) is 0.565. The van der Waals surface area contributed by atoms with Gasteiger partial charge in [0.05, 0.1) is 4.92 Å². The molecule has 0 bridgehead atoms. The standard InChI is InChI=1S/C23H23NO10/c25-18-16(19(26)32-22(31-18)9-1-2-10-22)15(13-5-7-14(8-6-13)24(29)30)17-20(27)33-23(34-21(17)28)11-3-4-12-23/h5-8,15-17H,1-4,9-12H2. The largest absolute Gasteiger partial charge is 0.422 e. The van der Waals surface area contributed by atoms with E-state index < -0.39 is 58.1 Å². The van der Waals surface area contributed by atoms with Gasteiger partial charge in [0.1, 0.15) is 0 Å². The molecule has 4 fully saturated rings. The Morgan fingerprint density at radius 2 is 1.06 bits per heavy atom. The van der Waals surface area contributed by atoms with Gasteiger partial charge in [-0.25, -0.2) is 0 Å². The maximum absolute atomic E-state index is 13.1. The maximum atomic E-state index is 13.1. The first-order valence-electron chi connectivity index (χ1n) is 11.4. The van der Waals surface area contributed by atoms with Gasteiger partial charge >= 0.3 is 23.9 Å². The predicted molar refractivity (Wildman–Crippen MR) is 110 cm³/mol. The van der Waals surface area contributed by atoms with Crippen LogP contribution >= 0.6 is 0 Å². The zero-order valence-electron chi connectivity index (χ0n) is 18.2. The highest BCUT2D eigenvalue weighted by atomic mass is 16.8. The van der Waals surface area contributed by atoms with Crippen LogP contribution < -0.4 is 0 Å². The number of hydrogen-bond donors (Lipinski definition) is 0. The molecule has 0 radical (unpaired) electrons. The van der Waals surface area contributed by atoms with Crippen molar-refractivity contribution in [1.82, 2.24) is 0 Å². The number of rotatable bonds is 4. The molecule has 11 nitrogen and oxygen atoms in total. The van der Waals surface area contributed by atoms with Crippen molar-refractivity contribution in [3.8, 4) is 0 Å². The first kappa shape index (κ1) is 22.3. The van der Waals surface area contributed by atoms with E-state index in [1.807, 2.05) is 0 Å². The second-order valence-corrected chi connectivity index (χ2v) is 9.25. The molecule has 0 aromatic heterocycles. The van der Waals surface area contributed by atoms with Crippen molar-refractivity contribution in [3.63, 3.8) is 0 Å². The van der Waals surface area contributed by atoms with Gasteiger partial charge in [0.25, 0.3) is 17.3 Å². The first-order valence-corrected chi connectivity index (χ1v) is 11.4. The quantitative estimate of drug-likeness (QED) is 0.276. The van der Waals surface area contributed by atoms with Crippen molar-refractivity contribution in [3.05, 3.63) is 39.9 Å². The smallest absolute Gasteiger partial charge is 0.324 e. The number of nitro groups is 1. The number of benzene rings is 1. The third-order valence-electron chi connectivity index (χ3n) is 7.10. The molecule has 2 heterocycles. The highest BCUT2D eigenvalue weighted by molar-refractivity contribution is 6.03. The van der Waals surface area contributed by atoms with Gasteiger partial charge in [-0.05, 0) is 31.2 Å². The van der Waals surface area contributed by atoms with Crippen LogP contribution in [0.25, 0.3) is 0 Å². The van der Waals surface area contributed by atoms with Crippen LogP contribution in [0.2, 0.25) is 0 Å². The molecule has 34 heavy (non-hydrogen) atoms. The lowest BCUT2D eigenvalue weighted by atomic mass is 9.75. The molecule has 11 heteroatoms. The number of carbonyl (C=O) groups excluding carboxylic acids is 4. The van der Waals surface area contributed by atoms with Crippen LogP contribution in [0.1, 0.15) is 62.8 Å². The van der Waals surface area contributed by atoms with Crippen LogP contribution in [0.4, 0.5) is 5.69 Å². The second-order valence-electron chi connectivity index (χ2n) is 9.25. The molecular weight excluding hydrogens is 450 g/mol. The number of nitrogens with zero attached hydrogens (tertiary/aromatic N) is 1. The lowest BCUT2D eigenvalue weighted by molar-refractivity contribution is -0.384. The predicted octanol–water partition coefficient (Wildman–Crippen LogP) is 2.65. The summed E-state index contributed by atoms with van der Waals surface area (Å²) in [6.45, 7) is 0. The summed E-state index contributed by atoms with van der Waals surface area (Å²) in [7, 11) is 0. The lowest BCUT2D eigenvalue weighted by Crippen LogP contribution is -2.55. The number of non-ortho nitro benzene ring substituents is 1. The molecule has 2 saturated carbocycles. The van der Waals surface area contributed by atoms with E-state index in [0.29, 0.717) is 25.7 Å². The molecule has 2 spiro atoms. The molecule has 4 aliphatic rings. The van der Waals surface area contributed by atoms with Gasteiger partial charge in [-0.15, -0.1) is 0 Å². The molecule has 0 amide bonds. The Hall–Kier alpha value is -3.50. The lowest BCUT2D eigenvalue weighted by Gasteiger charge is -2.41. The molecular formula is C23H23NO10. The summed E-state index contributed by atoms with van der Waals surface area (Å²) in [5.74, 6) is -11.0. The third kappa shape index (κ3) is 3.68. The number of hydrogen-bond acceptors (Lipinski definition) is 10. The van der Waals surface area contributed by atoms with E-state index in [-0.39, 0.29) is 11.3 Å². The molecule has 2 saturated heterocycles. The van der Waals surface area contributed by atoms with Gasteiger partial charge in [-0.1, -0.05) is 12.1 Å². The van der Waals surface area contributed by atoms with Gasteiger partial charge in [0.15, 0.2) is 11.8 Å². The van der Waals surface area contributed by atoms with E-state index >= 15 is 0 Å². The molecule has 1 aromatic carbocycles. The summed E-state index contributed by atoms with van der Waals surface area (Å²) in [5, 5.41) is 11.1.